The van der Waals surface area contributed by atoms with Crippen LogP contribution in [0.1, 0.15) is 11.9 Å². The normalized spacial score (nSPS) is 30.9. The quantitative estimate of drug-likeness (QED) is 0.490. The number of halogens is 2. The lowest BCUT2D eigenvalue weighted by molar-refractivity contribution is -0.0470. The number of alkyl halides is 2. The fraction of sp³-hybridized carbons (Fsp3) is 0.538. The molecule has 1 fully saturated rings. The van der Waals surface area contributed by atoms with Crippen molar-refractivity contribution < 1.29 is 19.3 Å². The molecule has 2 rings (SSSR count). The number of hydrogen-bond acceptors (Lipinski definition) is 6. The zero-order valence-electron chi connectivity index (χ0n) is 11.7. The maximum absolute atomic E-state index is 12.4. The minimum Gasteiger partial charge on any atom is -0.394 e. The Bertz CT molecular complexity index is 686. The molecule has 7 nitrogen and oxygen atoms in total. The molecule has 1 aromatic rings. The second-order valence-electron chi connectivity index (χ2n) is 4.83. The number of aromatic nitrogens is 2. The summed E-state index contributed by atoms with van der Waals surface area (Å²) in [5.74, 6) is 4.52. The van der Waals surface area contributed by atoms with Gasteiger partial charge in [-0.2, -0.15) is 4.98 Å². The van der Waals surface area contributed by atoms with Crippen molar-refractivity contribution in [2.45, 2.75) is 30.2 Å². The van der Waals surface area contributed by atoms with E-state index in [-0.39, 0.29) is 5.82 Å². The highest BCUT2D eigenvalue weighted by molar-refractivity contribution is 6.27. The smallest absolute Gasteiger partial charge is 0.351 e. The third-order valence-electron chi connectivity index (χ3n) is 3.37. The van der Waals surface area contributed by atoms with Crippen LogP contribution in [0.2, 0.25) is 0 Å². The Morgan fingerprint density at radius 1 is 1.68 bits per heavy atom. The molecule has 1 aromatic heterocycles. The van der Waals surface area contributed by atoms with Gasteiger partial charge in [0.15, 0.2) is 11.1 Å². The van der Waals surface area contributed by atoms with Crippen LogP contribution >= 0.6 is 11.6 Å². The Kier molecular flexibility index (Phi) is 4.72. The van der Waals surface area contributed by atoms with Gasteiger partial charge in [0.25, 0.3) is 0 Å². The van der Waals surface area contributed by atoms with Crippen molar-refractivity contribution in [1.29, 1.82) is 0 Å². The molecule has 1 aliphatic rings. The third kappa shape index (κ3) is 2.68. The molecule has 2 heterocycles. The van der Waals surface area contributed by atoms with Gasteiger partial charge in [0.2, 0.25) is 0 Å². The van der Waals surface area contributed by atoms with Crippen molar-refractivity contribution in [3.8, 4) is 11.8 Å². The largest absolute Gasteiger partial charge is 0.394 e. The molecule has 4 atom stereocenters. The Morgan fingerprint density at radius 3 is 2.91 bits per heavy atom. The molecule has 1 unspecified atom stereocenters. The minimum atomic E-state index is -1.80. The van der Waals surface area contributed by atoms with Gasteiger partial charge in [0, 0.05) is 5.69 Å². The van der Waals surface area contributed by atoms with E-state index in [4.69, 9.17) is 22.1 Å². The summed E-state index contributed by atoms with van der Waals surface area (Å²) < 4.78 is 18.9. The topological polar surface area (TPSA) is 111 Å². The monoisotopic (exact) mass is 331 g/mol. The molecule has 0 saturated carbocycles. The van der Waals surface area contributed by atoms with Crippen LogP contribution in [-0.2, 0) is 4.74 Å². The van der Waals surface area contributed by atoms with E-state index in [2.05, 4.69) is 16.8 Å². The second kappa shape index (κ2) is 6.22. The molecule has 120 valence electrons. The van der Waals surface area contributed by atoms with E-state index in [1.165, 1.54) is 6.07 Å². The first-order chi connectivity index (χ1) is 10.3. The molecular formula is C13H15ClFN3O4. The summed E-state index contributed by atoms with van der Waals surface area (Å²) in [6.07, 6.45) is -3.74. The van der Waals surface area contributed by atoms with Crippen LogP contribution in [0.4, 0.5) is 10.2 Å². The zero-order chi connectivity index (χ0) is 16.5. The summed E-state index contributed by atoms with van der Waals surface area (Å²) in [4.78, 5) is 13.9. The standard InChI is InChI=1S/C13H15ClFN3O4/c1-7-5-9(16)17-12(21)18(7)11-13(14,3-2-4-15)10(20)8(6-19)22-11/h5,8,10-11,19-20H,4,6H2,1H3,(H2,16,17,21)/t8-,10?,11-,13-/m1/s1. The van der Waals surface area contributed by atoms with Gasteiger partial charge in [-0.1, -0.05) is 23.4 Å². The van der Waals surface area contributed by atoms with Crippen LogP contribution in [0, 0.1) is 18.8 Å². The summed E-state index contributed by atoms with van der Waals surface area (Å²) in [7, 11) is 0. The maximum atomic E-state index is 12.4. The number of aliphatic hydroxyl groups excluding tert-OH is 2. The van der Waals surface area contributed by atoms with Crippen LogP contribution in [0.3, 0.4) is 0 Å². The minimum absolute atomic E-state index is 0.0195. The fourth-order valence-corrected chi connectivity index (χ4v) is 2.72. The first kappa shape index (κ1) is 16.7. The SMILES string of the molecule is Cc1cc(N)nc(=O)n1[C@@H]1O[C@H](CO)C(O)[C@]1(Cl)C#CCF. The van der Waals surface area contributed by atoms with Crippen LogP contribution in [0.25, 0.3) is 0 Å². The molecule has 0 radical (unpaired) electrons. The van der Waals surface area contributed by atoms with Crippen LogP contribution in [-0.4, -0.2) is 50.1 Å². The lowest BCUT2D eigenvalue weighted by atomic mass is 9.99. The van der Waals surface area contributed by atoms with E-state index < -0.39 is 42.3 Å². The number of anilines is 1. The zero-order valence-corrected chi connectivity index (χ0v) is 12.4. The molecule has 0 aromatic carbocycles. The van der Waals surface area contributed by atoms with Crippen molar-refractivity contribution in [2.24, 2.45) is 0 Å². The van der Waals surface area contributed by atoms with E-state index >= 15 is 0 Å². The second-order valence-corrected chi connectivity index (χ2v) is 5.46. The van der Waals surface area contributed by atoms with Gasteiger partial charge in [-0.15, -0.1) is 0 Å². The summed E-state index contributed by atoms with van der Waals surface area (Å²) in [6, 6.07) is 1.42. The van der Waals surface area contributed by atoms with Crippen molar-refractivity contribution >= 4 is 17.4 Å². The molecule has 0 spiro atoms. The Balaban J connectivity index is 2.59. The Morgan fingerprint density at radius 2 is 2.36 bits per heavy atom. The molecule has 1 saturated heterocycles. The van der Waals surface area contributed by atoms with Gasteiger partial charge < -0.3 is 20.7 Å². The number of rotatable bonds is 2. The third-order valence-corrected chi connectivity index (χ3v) is 3.88. The van der Waals surface area contributed by atoms with Crippen LogP contribution < -0.4 is 11.4 Å². The van der Waals surface area contributed by atoms with Gasteiger partial charge in [-0.25, -0.2) is 9.18 Å². The highest BCUT2D eigenvalue weighted by Crippen LogP contribution is 2.43. The molecule has 0 amide bonds. The lowest BCUT2D eigenvalue weighted by Crippen LogP contribution is -2.44. The molecule has 1 aliphatic heterocycles. The van der Waals surface area contributed by atoms with E-state index in [1.807, 2.05) is 0 Å². The van der Waals surface area contributed by atoms with E-state index in [1.54, 1.807) is 6.92 Å². The van der Waals surface area contributed by atoms with Crippen molar-refractivity contribution in [3.63, 3.8) is 0 Å². The number of aliphatic hydroxyl groups is 2. The molecule has 9 heteroatoms. The fourth-order valence-electron chi connectivity index (χ4n) is 2.37. The van der Waals surface area contributed by atoms with Gasteiger partial charge >= 0.3 is 5.69 Å². The van der Waals surface area contributed by atoms with Crippen molar-refractivity contribution in [1.82, 2.24) is 9.55 Å². The highest BCUT2D eigenvalue weighted by atomic mass is 35.5. The predicted octanol–water partition coefficient (Wildman–Crippen LogP) is -0.665. The molecule has 4 N–H and O–H groups in total. The first-order valence-corrected chi connectivity index (χ1v) is 6.78. The Labute approximate surface area is 130 Å². The van der Waals surface area contributed by atoms with E-state index in [0.717, 1.165) is 4.57 Å². The van der Waals surface area contributed by atoms with Gasteiger partial charge in [-0.05, 0) is 13.0 Å². The van der Waals surface area contributed by atoms with Crippen LogP contribution in [0.5, 0.6) is 0 Å². The summed E-state index contributed by atoms with van der Waals surface area (Å²) in [5.41, 5.74) is 5.12. The highest BCUT2D eigenvalue weighted by Gasteiger charge is 2.56. The van der Waals surface area contributed by atoms with Gasteiger partial charge in [-0.3, -0.25) is 4.57 Å². The predicted molar refractivity (Wildman–Crippen MR) is 77.0 cm³/mol. The lowest BCUT2D eigenvalue weighted by Gasteiger charge is -2.26. The molecular weight excluding hydrogens is 317 g/mol. The average Bonchev–Trinajstić information content (AvgIpc) is 2.69. The maximum Gasteiger partial charge on any atom is 0.351 e. The van der Waals surface area contributed by atoms with Gasteiger partial charge in [0.05, 0.1) is 6.61 Å². The molecule has 0 bridgehead atoms. The molecule has 0 aliphatic carbocycles. The summed E-state index contributed by atoms with van der Waals surface area (Å²) in [6.45, 7) is 0.0482. The number of hydrogen-bond donors (Lipinski definition) is 3. The Hall–Kier alpha value is -1.66. The van der Waals surface area contributed by atoms with Crippen molar-refractivity contribution in [3.05, 3.63) is 22.2 Å². The van der Waals surface area contributed by atoms with E-state index in [9.17, 15) is 19.4 Å². The summed E-state index contributed by atoms with van der Waals surface area (Å²) in [5, 5.41) is 19.5. The number of nitrogens with two attached hydrogens (primary N) is 1. The van der Waals surface area contributed by atoms with E-state index in [0.29, 0.717) is 5.69 Å². The summed E-state index contributed by atoms with van der Waals surface area (Å²) >= 11 is 6.31. The average molecular weight is 332 g/mol. The first-order valence-electron chi connectivity index (χ1n) is 6.40. The van der Waals surface area contributed by atoms with Crippen LogP contribution in [0.15, 0.2) is 10.9 Å². The number of aryl methyl sites for hydroxylation is 1. The molecule has 22 heavy (non-hydrogen) atoms. The van der Waals surface area contributed by atoms with Gasteiger partial charge in [0.1, 0.15) is 24.7 Å². The number of ether oxygens (including phenoxy) is 1. The number of nitrogens with zero attached hydrogens (tertiary/aromatic N) is 2. The number of nitrogen functional groups attached to an aromatic ring is 1. The van der Waals surface area contributed by atoms with Crippen molar-refractivity contribution in [2.75, 3.05) is 19.0 Å².